The fourth-order valence-corrected chi connectivity index (χ4v) is 2.52. The molecule has 7 nitrogen and oxygen atoms in total. The normalized spacial score (nSPS) is 17.4. The third-order valence-electron chi connectivity index (χ3n) is 3.87. The zero-order chi connectivity index (χ0) is 13.5. The van der Waals surface area contributed by atoms with Crippen LogP contribution < -0.4 is 10.5 Å². The highest BCUT2D eigenvalue weighted by Crippen LogP contribution is 2.38. The van der Waals surface area contributed by atoms with Crippen LogP contribution in [0.15, 0.2) is 6.33 Å². The Bertz CT molecular complexity index is 600. The van der Waals surface area contributed by atoms with Gasteiger partial charge in [0.1, 0.15) is 6.33 Å². The molecule has 0 atom stereocenters. The molecule has 0 saturated heterocycles. The van der Waals surface area contributed by atoms with Crippen LogP contribution in [0, 0.1) is 0 Å². The van der Waals surface area contributed by atoms with Gasteiger partial charge in [-0.15, -0.1) is 0 Å². The van der Waals surface area contributed by atoms with E-state index in [1.807, 2.05) is 4.57 Å². The molecule has 0 aliphatic heterocycles. The van der Waals surface area contributed by atoms with Gasteiger partial charge in [0, 0.05) is 7.11 Å². The molecule has 0 bridgehead atoms. The van der Waals surface area contributed by atoms with E-state index in [1.54, 1.807) is 14.2 Å². The lowest BCUT2D eigenvalue weighted by molar-refractivity contribution is -0.0825. The Morgan fingerprint density at radius 2 is 2.16 bits per heavy atom. The van der Waals surface area contributed by atoms with Crippen molar-refractivity contribution in [1.82, 2.24) is 19.5 Å². The molecule has 1 saturated carbocycles. The van der Waals surface area contributed by atoms with Crippen LogP contribution in [0.25, 0.3) is 11.2 Å². The van der Waals surface area contributed by atoms with E-state index in [9.17, 15) is 0 Å². The quantitative estimate of drug-likeness (QED) is 0.884. The maximum atomic E-state index is 5.99. The summed E-state index contributed by atoms with van der Waals surface area (Å²) in [6.07, 6.45) is 4.70. The number of anilines is 1. The smallest absolute Gasteiger partial charge is 0.245 e. The van der Waals surface area contributed by atoms with Crippen LogP contribution in [0.1, 0.15) is 19.3 Å². The van der Waals surface area contributed by atoms with E-state index in [0.29, 0.717) is 29.5 Å². The van der Waals surface area contributed by atoms with Crippen molar-refractivity contribution in [2.45, 2.75) is 31.4 Å². The largest absolute Gasteiger partial charge is 0.479 e. The molecule has 1 fully saturated rings. The van der Waals surface area contributed by atoms with Crippen LogP contribution in [-0.4, -0.2) is 39.3 Å². The van der Waals surface area contributed by atoms with Gasteiger partial charge in [0.15, 0.2) is 11.2 Å². The van der Waals surface area contributed by atoms with Gasteiger partial charge in [-0.3, -0.25) is 4.57 Å². The van der Waals surface area contributed by atoms with Crippen molar-refractivity contribution in [2.24, 2.45) is 0 Å². The number of nitrogens with zero attached hydrogens (tertiary/aromatic N) is 4. The second-order valence-corrected chi connectivity index (χ2v) is 4.85. The highest BCUT2D eigenvalue weighted by Gasteiger charge is 2.38. The van der Waals surface area contributed by atoms with Gasteiger partial charge in [0.25, 0.3) is 0 Å². The van der Waals surface area contributed by atoms with Gasteiger partial charge in [-0.05, 0) is 19.3 Å². The Labute approximate surface area is 110 Å². The Hall–Kier alpha value is -1.89. The SMILES string of the molecule is COc1ncnc2c1nc(N)n2CC1(OC)CCC1. The van der Waals surface area contributed by atoms with Crippen molar-refractivity contribution < 1.29 is 9.47 Å². The number of hydrogen-bond donors (Lipinski definition) is 1. The van der Waals surface area contributed by atoms with Crippen LogP contribution >= 0.6 is 0 Å². The lowest BCUT2D eigenvalue weighted by Gasteiger charge is -2.40. The van der Waals surface area contributed by atoms with E-state index in [-0.39, 0.29) is 5.60 Å². The lowest BCUT2D eigenvalue weighted by Crippen LogP contribution is -2.43. The predicted octanol–water partition coefficient (Wildman–Crippen LogP) is 0.986. The number of hydrogen-bond acceptors (Lipinski definition) is 6. The summed E-state index contributed by atoms with van der Waals surface area (Å²) in [5.41, 5.74) is 7.13. The first kappa shape index (κ1) is 12.2. The third-order valence-corrected chi connectivity index (χ3v) is 3.87. The maximum Gasteiger partial charge on any atom is 0.245 e. The highest BCUT2D eigenvalue weighted by atomic mass is 16.5. The van der Waals surface area contributed by atoms with Crippen molar-refractivity contribution in [3.8, 4) is 5.88 Å². The van der Waals surface area contributed by atoms with Gasteiger partial charge in [-0.2, -0.15) is 4.98 Å². The Morgan fingerprint density at radius 1 is 1.37 bits per heavy atom. The van der Waals surface area contributed by atoms with Crippen molar-refractivity contribution >= 4 is 17.1 Å². The Balaban J connectivity index is 2.06. The van der Waals surface area contributed by atoms with Crippen LogP contribution in [-0.2, 0) is 11.3 Å². The van der Waals surface area contributed by atoms with E-state index in [4.69, 9.17) is 15.2 Å². The standard InChI is InChI=1S/C12H17N5O2/c1-18-10-8-9(14-7-15-10)17(11(13)16-8)6-12(19-2)4-3-5-12/h7H,3-6H2,1-2H3,(H2,13,16). The monoisotopic (exact) mass is 263 g/mol. The first-order valence-electron chi connectivity index (χ1n) is 6.25. The molecule has 2 N–H and O–H groups in total. The molecule has 1 aliphatic rings. The molecule has 0 aromatic carbocycles. The molecule has 2 heterocycles. The topological polar surface area (TPSA) is 88.1 Å². The molecule has 0 unspecified atom stereocenters. The molecule has 0 spiro atoms. The molecule has 7 heteroatoms. The van der Waals surface area contributed by atoms with Crippen LogP contribution in [0.3, 0.4) is 0 Å². The molecular weight excluding hydrogens is 246 g/mol. The summed E-state index contributed by atoms with van der Waals surface area (Å²) >= 11 is 0. The molecule has 0 amide bonds. The summed E-state index contributed by atoms with van der Waals surface area (Å²) in [5, 5.41) is 0. The van der Waals surface area contributed by atoms with Gasteiger partial charge in [-0.25, -0.2) is 9.97 Å². The molecule has 2 aromatic rings. The zero-order valence-electron chi connectivity index (χ0n) is 11.1. The first-order valence-corrected chi connectivity index (χ1v) is 6.25. The zero-order valence-corrected chi connectivity index (χ0v) is 11.1. The number of imidazole rings is 1. The predicted molar refractivity (Wildman–Crippen MR) is 69.9 cm³/mol. The van der Waals surface area contributed by atoms with Crippen molar-refractivity contribution in [3.05, 3.63) is 6.33 Å². The third kappa shape index (κ3) is 1.81. The minimum atomic E-state index is -0.139. The fourth-order valence-electron chi connectivity index (χ4n) is 2.52. The number of nitrogen functional groups attached to an aromatic ring is 1. The van der Waals surface area contributed by atoms with Gasteiger partial charge in [0.05, 0.1) is 19.3 Å². The number of nitrogens with two attached hydrogens (primary N) is 1. The molecule has 102 valence electrons. The molecule has 2 aromatic heterocycles. The maximum absolute atomic E-state index is 5.99. The fraction of sp³-hybridized carbons (Fsp3) is 0.583. The van der Waals surface area contributed by atoms with E-state index in [0.717, 1.165) is 12.8 Å². The van der Waals surface area contributed by atoms with Crippen LogP contribution in [0.2, 0.25) is 0 Å². The van der Waals surface area contributed by atoms with Gasteiger partial charge >= 0.3 is 0 Å². The van der Waals surface area contributed by atoms with Crippen LogP contribution in [0.5, 0.6) is 5.88 Å². The Kier molecular flexibility index (Phi) is 2.78. The van der Waals surface area contributed by atoms with E-state index in [2.05, 4.69) is 15.0 Å². The minimum Gasteiger partial charge on any atom is -0.479 e. The summed E-state index contributed by atoms with van der Waals surface area (Å²) in [4.78, 5) is 12.6. The van der Waals surface area contributed by atoms with Crippen molar-refractivity contribution in [2.75, 3.05) is 20.0 Å². The summed E-state index contributed by atoms with van der Waals surface area (Å²) in [6, 6.07) is 0. The van der Waals surface area contributed by atoms with Gasteiger partial charge < -0.3 is 15.2 Å². The summed E-state index contributed by atoms with van der Waals surface area (Å²) in [6.45, 7) is 0.659. The summed E-state index contributed by atoms with van der Waals surface area (Å²) in [5.74, 6) is 0.854. The number of fused-ring (bicyclic) bond motifs is 1. The molecule has 19 heavy (non-hydrogen) atoms. The number of ether oxygens (including phenoxy) is 2. The van der Waals surface area contributed by atoms with E-state index in [1.165, 1.54) is 12.7 Å². The minimum absolute atomic E-state index is 0.139. The highest BCUT2D eigenvalue weighted by molar-refractivity contribution is 5.78. The van der Waals surface area contributed by atoms with Gasteiger partial charge in [-0.1, -0.05) is 0 Å². The molecule has 1 aliphatic carbocycles. The van der Waals surface area contributed by atoms with Crippen molar-refractivity contribution in [3.63, 3.8) is 0 Å². The van der Waals surface area contributed by atoms with Gasteiger partial charge in [0.2, 0.25) is 11.8 Å². The number of rotatable bonds is 4. The second-order valence-electron chi connectivity index (χ2n) is 4.85. The molecule has 3 rings (SSSR count). The van der Waals surface area contributed by atoms with Crippen LogP contribution in [0.4, 0.5) is 5.95 Å². The summed E-state index contributed by atoms with van der Waals surface area (Å²) in [7, 11) is 3.30. The second kappa shape index (κ2) is 4.34. The molecule has 0 radical (unpaired) electrons. The number of methoxy groups -OCH3 is 2. The van der Waals surface area contributed by atoms with E-state index >= 15 is 0 Å². The summed E-state index contributed by atoms with van der Waals surface area (Å²) < 4.78 is 12.7. The lowest BCUT2D eigenvalue weighted by atomic mass is 9.80. The average molecular weight is 263 g/mol. The Morgan fingerprint density at radius 3 is 2.74 bits per heavy atom. The van der Waals surface area contributed by atoms with Crippen molar-refractivity contribution in [1.29, 1.82) is 0 Å². The molecular formula is C12H17N5O2. The first-order chi connectivity index (χ1) is 9.19. The van der Waals surface area contributed by atoms with E-state index < -0.39 is 0 Å². The number of aromatic nitrogens is 4. The average Bonchev–Trinajstić information content (AvgIpc) is 2.69.